The molecule has 0 aromatic rings. The van der Waals surface area contributed by atoms with Crippen molar-refractivity contribution in [3.05, 3.63) is 0 Å². The summed E-state index contributed by atoms with van der Waals surface area (Å²) in [6.45, 7) is 1.80. The first-order valence-electron chi connectivity index (χ1n) is 6.32. The Bertz CT molecular complexity index is 261. The molecular formula is C12H20N2O. The van der Waals surface area contributed by atoms with Crippen molar-refractivity contribution in [2.45, 2.75) is 38.1 Å². The summed E-state index contributed by atoms with van der Waals surface area (Å²) >= 11 is 0. The molecule has 0 aromatic carbocycles. The largest absolute Gasteiger partial charge is 0.342 e. The summed E-state index contributed by atoms with van der Waals surface area (Å²) in [5.41, 5.74) is 5.84. The van der Waals surface area contributed by atoms with Gasteiger partial charge in [0.25, 0.3) is 0 Å². The van der Waals surface area contributed by atoms with Gasteiger partial charge in [-0.2, -0.15) is 0 Å². The number of carbonyl (C=O) groups excluding carboxylic acids is 1. The molecule has 3 rings (SSSR count). The number of fused-ring (bicyclic) bond motifs is 1. The molecule has 0 aromatic heterocycles. The molecule has 0 radical (unpaired) electrons. The number of nitrogens with zero attached hydrogens (tertiary/aromatic N) is 1. The molecule has 15 heavy (non-hydrogen) atoms. The van der Waals surface area contributed by atoms with E-state index in [1.807, 2.05) is 0 Å². The van der Waals surface area contributed by atoms with Gasteiger partial charge in [0.2, 0.25) is 5.91 Å². The van der Waals surface area contributed by atoms with E-state index >= 15 is 0 Å². The molecule has 0 bridgehead atoms. The van der Waals surface area contributed by atoms with Crippen LogP contribution in [0.2, 0.25) is 0 Å². The van der Waals surface area contributed by atoms with Crippen LogP contribution in [0.25, 0.3) is 0 Å². The Morgan fingerprint density at radius 2 is 1.67 bits per heavy atom. The zero-order valence-electron chi connectivity index (χ0n) is 9.19. The van der Waals surface area contributed by atoms with Crippen molar-refractivity contribution in [1.29, 1.82) is 0 Å². The van der Waals surface area contributed by atoms with Crippen molar-refractivity contribution in [2.24, 2.45) is 23.5 Å². The van der Waals surface area contributed by atoms with Crippen LogP contribution in [0, 0.1) is 17.8 Å². The van der Waals surface area contributed by atoms with E-state index in [9.17, 15) is 4.79 Å². The van der Waals surface area contributed by atoms with Gasteiger partial charge in [-0.05, 0) is 37.5 Å². The highest BCUT2D eigenvalue weighted by Crippen LogP contribution is 2.58. The predicted octanol–water partition coefficient (Wildman–Crippen LogP) is 0.982. The van der Waals surface area contributed by atoms with Crippen molar-refractivity contribution >= 4 is 5.91 Å². The van der Waals surface area contributed by atoms with Gasteiger partial charge in [-0.1, -0.05) is 6.42 Å². The topological polar surface area (TPSA) is 46.3 Å². The average molecular weight is 208 g/mol. The Kier molecular flexibility index (Phi) is 2.23. The lowest BCUT2D eigenvalue weighted by Gasteiger charge is -2.30. The summed E-state index contributed by atoms with van der Waals surface area (Å²) in [5, 5.41) is 0. The van der Waals surface area contributed by atoms with Crippen LogP contribution < -0.4 is 5.73 Å². The van der Waals surface area contributed by atoms with Crippen molar-refractivity contribution < 1.29 is 4.79 Å². The molecule has 2 saturated carbocycles. The van der Waals surface area contributed by atoms with Crippen LogP contribution >= 0.6 is 0 Å². The van der Waals surface area contributed by atoms with E-state index in [0.717, 1.165) is 37.8 Å². The molecule has 1 heterocycles. The van der Waals surface area contributed by atoms with Gasteiger partial charge in [0.1, 0.15) is 0 Å². The maximum Gasteiger partial charge on any atom is 0.226 e. The summed E-state index contributed by atoms with van der Waals surface area (Å²) in [4.78, 5) is 14.2. The third-order valence-electron chi connectivity index (χ3n) is 4.54. The number of likely N-dealkylation sites (tertiary alicyclic amines) is 1. The van der Waals surface area contributed by atoms with Gasteiger partial charge >= 0.3 is 0 Å². The van der Waals surface area contributed by atoms with E-state index in [4.69, 9.17) is 5.73 Å². The normalized spacial score (nSPS) is 40.3. The van der Waals surface area contributed by atoms with Gasteiger partial charge in [-0.3, -0.25) is 4.79 Å². The molecule has 0 spiro atoms. The summed E-state index contributed by atoms with van der Waals surface area (Å²) in [6, 6.07) is 0.327. The lowest BCUT2D eigenvalue weighted by Crippen LogP contribution is -2.43. The number of hydrogen-bond acceptors (Lipinski definition) is 2. The Balaban J connectivity index is 1.57. The number of carbonyl (C=O) groups is 1. The first-order valence-corrected chi connectivity index (χ1v) is 6.32. The molecule has 1 amide bonds. The zero-order valence-corrected chi connectivity index (χ0v) is 9.19. The van der Waals surface area contributed by atoms with Crippen LogP contribution in [-0.4, -0.2) is 29.9 Å². The Labute approximate surface area is 91.0 Å². The van der Waals surface area contributed by atoms with E-state index < -0.39 is 0 Å². The molecule has 1 saturated heterocycles. The molecule has 3 heteroatoms. The van der Waals surface area contributed by atoms with E-state index in [-0.39, 0.29) is 0 Å². The SMILES string of the molecule is NC1CCN(C(=O)C2C3CCCC32)CC1. The minimum Gasteiger partial charge on any atom is -0.342 e. The predicted molar refractivity (Wildman–Crippen MR) is 58.1 cm³/mol. The van der Waals surface area contributed by atoms with Crippen molar-refractivity contribution in [3.63, 3.8) is 0 Å². The van der Waals surface area contributed by atoms with E-state index in [2.05, 4.69) is 4.90 Å². The van der Waals surface area contributed by atoms with Crippen molar-refractivity contribution in [1.82, 2.24) is 4.90 Å². The van der Waals surface area contributed by atoms with E-state index in [1.54, 1.807) is 0 Å². The maximum absolute atomic E-state index is 12.2. The quantitative estimate of drug-likeness (QED) is 0.698. The molecule has 2 aliphatic carbocycles. The highest BCUT2D eigenvalue weighted by molar-refractivity contribution is 5.82. The lowest BCUT2D eigenvalue weighted by molar-refractivity contribution is -0.134. The fraction of sp³-hybridized carbons (Fsp3) is 0.917. The van der Waals surface area contributed by atoms with E-state index in [1.165, 1.54) is 19.3 Å². The summed E-state index contributed by atoms with van der Waals surface area (Å²) < 4.78 is 0. The Hall–Kier alpha value is -0.570. The number of amides is 1. The minimum atomic E-state index is 0.327. The molecule has 3 aliphatic rings. The smallest absolute Gasteiger partial charge is 0.226 e. The number of piperidine rings is 1. The maximum atomic E-state index is 12.2. The van der Waals surface area contributed by atoms with Crippen LogP contribution in [0.3, 0.4) is 0 Å². The molecule has 1 aliphatic heterocycles. The highest BCUT2D eigenvalue weighted by Gasteiger charge is 2.57. The van der Waals surface area contributed by atoms with Crippen molar-refractivity contribution in [3.8, 4) is 0 Å². The standard InChI is InChI=1S/C12H20N2O/c13-8-4-6-14(7-5-8)12(15)11-9-2-1-3-10(9)11/h8-11H,1-7,13H2. The number of nitrogens with two attached hydrogens (primary N) is 1. The zero-order chi connectivity index (χ0) is 10.4. The third kappa shape index (κ3) is 1.57. The molecule has 3 nitrogen and oxygen atoms in total. The molecule has 2 N–H and O–H groups in total. The lowest BCUT2D eigenvalue weighted by atomic mass is 10.0. The summed E-state index contributed by atoms with van der Waals surface area (Å²) in [5.74, 6) is 2.37. The Morgan fingerprint density at radius 1 is 1.07 bits per heavy atom. The van der Waals surface area contributed by atoms with Gasteiger partial charge in [0.15, 0.2) is 0 Å². The van der Waals surface area contributed by atoms with E-state index in [0.29, 0.717) is 17.9 Å². The first-order chi connectivity index (χ1) is 7.27. The molecule has 2 atom stereocenters. The van der Waals surface area contributed by atoms with Crippen LogP contribution in [-0.2, 0) is 4.79 Å². The molecule has 84 valence electrons. The van der Waals surface area contributed by atoms with Crippen molar-refractivity contribution in [2.75, 3.05) is 13.1 Å². The summed E-state index contributed by atoms with van der Waals surface area (Å²) in [7, 11) is 0. The summed E-state index contributed by atoms with van der Waals surface area (Å²) in [6.07, 6.45) is 5.94. The third-order valence-corrected chi connectivity index (χ3v) is 4.54. The van der Waals surface area contributed by atoms with Gasteiger partial charge in [0.05, 0.1) is 0 Å². The molecule has 2 unspecified atom stereocenters. The molecular weight excluding hydrogens is 188 g/mol. The minimum absolute atomic E-state index is 0.327. The number of rotatable bonds is 1. The highest BCUT2D eigenvalue weighted by atomic mass is 16.2. The monoisotopic (exact) mass is 208 g/mol. The van der Waals surface area contributed by atoms with Crippen LogP contribution in [0.1, 0.15) is 32.1 Å². The molecule has 3 fully saturated rings. The van der Waals surface area contributed by atoms with Crippen LogP contribution in [0.5, 0.6) is 0 Å². The van der Waals surface area contributed by atoms with Crippen LogP contribution in [0.15, 0.2) is 0 Å². The van der Waals surface area contributed by atoms with Crippen LogP contribution in [0.4, 0.5) is 0 Å². The second kappa shape index (κ2) is 3.48. The van der Waals surface area contributed by atoms with Gasteiger partial charge in [-0.25, -0.2) is 0 Å². The fourth-order valence-electron chi connectivity index (χ4n) is 3.52. The fourth-order valence-corrected chi connectivity index (χ4v) is 3.52. The van der Waals surface area contributed by atoms with Gasteiger partial charge in [-0.15, -0.1) is 0 Å². The average Bonchev–Trinajstić information content (AvgIpc) is 2.72. The first kappa shape index (κ1) is 9.64. The van der Waals surface area contributed by atoms with Gasteiger partial charge < -0.3 is 10.6 Å². The second-order valence-corrected chi connectivity index (χ2v) is 5.45. The second-order valence-electron chi connectivity index (χ2n) is 5.45. The number of hydrogen-bond donors (Lipinski definition) is 1. The van der Waals surface area contributed by atoms with Gasteiger partial charge in [0, 0.05) is 25.0 Å². The Morgan fingerprint density at radius 3 is 2.27 bits per heavy atom.